The van der Waals surface area contributed by atoms with Crippen molar-refractivity contribution in [2.45, 2.75) is 19.4 Å². The average molecular weight is 210 g/mol. The third kappa shape index (κ3) is 2.53. The summed E-state index contributed by atoms with van der Waals surface area (Å²) in [6.07, 6.45) is 5.05. The second-order valence-corrected chi connectivity index (χ2v) is 3.87. The molecule has 1 aliphatic rings. The van der Waals surface area contributed by atoms with Gasteiger partial charge in [-0.3, -0.25) is 14.8 Å². The first-order chi connectivity index (χ1) is 7.25. The molecule has 0 aromatic carbocycles. The summed E-state index contributed by atoms with van der Waals surface area (Å²) in [5.41, 5.74) is 0.0731. The molecule has 15 heavy (non-hydrogen) atoms. The maximum absolute atomic E-state index is 10.4. The first-order valence-electron chi connectivity index (χ1n) is 5.13. The molecule has 1 N–H and O–H groups in total. The van der Waals surface area contributed by atoms with E-state index in [4.69, 9.17) is 0 Å². The van der Waals surface area contributed by atoms with Crippen molar-refractivity contribution in [3.63, 3.8) is 0 Å². The van der Waals surface area contributed by atoms with Crippen LogP contribution in [0.15, 0.2) is 12.4 Å². The van der Waals surface area contributed by atoms with Gasteiger partial charge in [0, 0.05) is 6.54 Å². The number of rotatable bonds is 3. The topological polar surface area (TPSA) is 73.0 Å². The van der Waals surface area contributed by atoms with Crippen LogP contribution in [0.3, 0.4) is 0 Å². The molecule has 0 spiro atoms. The van der Waals surface area contributed by atoms with Gasteiger partial charge >= 0.3 is 5.69 Å². The van der Waals surface area contributed by atoms with E-state index in [9.17, 15) is 10.1 Å². The standard InChI is InChI=1S/C9H14N4O2/c14-13(15)9-5-11-12(7-9)6-8-1-3-10-4-2-8/h5,7-8,10H,1-4,6H2. The normalized spacial score (nSPS) is 17.9. The molecule has 0 atom stereocenters. The van der Waals surface area contributed by atoms with Crippen LogP contribution in [0.2, 0.25) is 0 Å². The van der Waals surface area contributed by atoms with Crippen molar-refractivity contribution < 1.29 is 4.92 Å². The van der Waals surface area contributed by atoms with Gasteiger partial charge < -0.3 is 5.32 Å². The van der Waals surface area contributed by atoms with E-state index in [0.29, 0.717) is 5.92 Å². The highest BCUT2D eigenvalue weighted by Crippen LogP contribution is 2.15. The van der Waals surface area contributed by atoms with Gasteiger partial charge in [0.15, 0.2) is 0 Å². The SMILES string of the molecule is O=[N+]([O-])c1cnn(CC2CCNCC2)c1. The van der Waals surface area contributed by atoms with Crippen molar-refractivity contribution in [3.8, 4) is 0 Å². The fourth-order valence-corrected chi connectivity index (χ4v) is 1.88. The van der Waals surface area contributed by atoms with Crippen LogP contribution in [0.25, 0.3) is 0 Å². The van der Waals surface area contributed by atoms with Crippen LogP contribution in [-0.4, -0.2) is 27.8 Å². The van der Waals surface area contributed by atoms with Crippen LogP contribution < -0.4 is 5.32 Å². The first-order valence-corrected chi connectivity index (χ1v) is 5.13. The molecule has 0 aliphatic carbocycles. The molecule has 1 aromatic heterocycles. The minimum atomic E-state index is -0.411. The summed E-state index contributed by atoms with van der Waals surface area (Å²) in [4.78, 5) is 10.0. The first kappa shape index (κ1) is 10.1. The van der Waals surface area contributed by atoms with Crippen molar-refractivity contribution in [2.24, 2.45) is 5.92 Å². The van der Waals surface area contributed by atoms with Gasteiger partial charge in [-0.2, -0.15) is 5.10 Å². The van der Waals surface area contributed by atoms with Crippen molar-refractivity contribution in [3.05, 3.63) is 22.5 Å². The summed E-state index contributed by atoms with van der Waals surface area (Å²) in [6.45, 7) is 2.86. The van der Waals surface area contributed by atoms with E-state index in [1.165, 1.54) is 12.4 Å². The Morgan fingerprint density at radius 3 is 2.93 bits per heavy atom. The van der Waals surface area contributed by atoms with Gasteiger partial charge in [-0.1, -0.05) is 0 Å². The molecule has 0 radical (unpaired) electrons. The van der Waals surface area contributed by atoms with Gasteiger partial charge in [0.2, 0.25) is 0 Å². The Bertz CT molecular complexity index is 344. The molecule has 2 heterocycles. The van der Waals surface area contributed by atoms with Gasteiger partial charge in [0.25, 0.3) is 0 Å². The largest absolute Gasteiger partial charge is 0.317 e. The third-order valence-electron chi connectivity index (χ3n) is 2.73. The monoisotopic (exact) mass is 210 g/mol. The zero-order chi connectivity index (χ0) is 10.7. The zero-order valence-electron chi connectivity index (χ0n) is 8.43. The van der Waals surface area contributed by atoms with Crippen LogP contribution in [0, 0.1) is 16.0 Å². The molecule has 1 saturated heterocycles. The zero-order valence-corrected chi connectivity index (χ0v) is 8.43. The smallest absolute Gasteiger partial charge is 0.306 e. The predicted octanol–water partition coefficient (Wildman–Crippen LogP) is 0.791. The van der Waals surface area contributed by atoms with E-state index in [-0.39, 0.29) is 5.69 Å². The van der Waals surface area contributed by atoms with E-state index >= 15 is 0 Å². The number of nitro groups is 1. The fraction of sp³-hybridized carbons (Fsp3) is 0.667. The lowest BCUT2D eigenvalue weighted by molar-refractivity contribution is -0.385. The van der Waals surface area contributed by atoms with Crippen LogP contribution in [-0.2, 0) is 6.54 Å². The summed E-state index contributed by atoms with van der Waals surface area (Å²) in [5.74, 6) is 0.589. The van der Waals surface area contributed by atoms with E-state index in [1.807, 2.05) is 0 Å². The minimum absolute atomic E-state index is 0.0731. The Balaban J connectivity index is 1.94. The molecular formula is C9H14N4O2. The molecular weight excluding hydrogens is 196 g/mol. The molecule has 0 unspecified atom stereocenters. The maximum atomic E-state index is 10.4. The number of aromatic nitrogens is 2. The third-order valence-corrected chi connectivity index (χ3v) is 2.73. The van der Waals surface area contributed by atoms with E-state index in [2.05, 4.69) is 10.4 Å². The molecule has 1 aliphatic heterocycles. The van der Waals surface area contributed by atoms with E-state index in [0.717, 1.165) is 32.5 Å². The second kappa shape index (κ2) is 4.39. The van der Waals surface area contributed by atoms with Gasteiger partial charge in [-0.25, -0.2) is 0 Å². The molecule has 6 heteroatoms. The van der Waals surface area contributed by atoms with E-state index in [1.54, 1.807) is 4.68 Å². The summed E-state index contributed by atoms with van der Waals surface area (Å²) in [5, 5.41) is 17.7. The van der Waals surface area contributed by atoms with Gasteiger partial charge in [0.1, 0.15) is 12.4 Å². The molecule has 0 amide bonds. The molecule has 0 saturated carbocycles. The molecule has 0 bridgehead atoms. The predicted molar refractivity (Wildman–Crippen MR) is 54.5 cm³/mol. The highest BCUT2D eigenvalue weighted by Gasteiger charge is 2.15. The van der Waals surface area contributed by atoms with Crippen molar-refractivity contribution >= 4 is 5.69 Å². The molecule has 6 nitrogen and oxygen atoms in total. The Morgan fingerprint density at radius 2 is 2.33 bits per heavy atom. The highest BCUT2D eigenvalue weighted by atomic mass is 16.6. The summed E-state index contributed by atoms with van der Waals surface area (Å²) < 4.78 is 1.67. The highest BCUT2D eigenvalue weighted by molar-refractivity contribution is 5.20. The molecule has 82 valence electrons. The number of hydrogen-bond acceptors (Lipinski definition) is 4. The molecule has 1 aromatic rings. The van der Waals surface area contributed by atoms with Crippen molar-refractivity contribution in [1.82, 2.24) is 15.1 Å². The number of hydrogen-bond donors (Lipinski definition) is 1. The van der Waals surface area contributed by atoms with Gasteiger partial charge in [-0.15, -0.1) is 0 Å². The Hall–Kier alpha value is -1.43. The summed E-state index contributed by atoms with van der Waals surface area (Å²) >= 11 is 0. The lowest BCUT2D eigenvalue weighted by Gasteiger charge is -2.22. The molecule has 2 rings (SSSR count). The lowest BCUT2D eigenvalue weighted by Crippen LogP contribution is -2.29. The minimum Gasteiger partial charge on any atom is -0.317 e. The Morgan fingerprint density at radius 1 is 1.60 bits per heavy atom. The van der Waals surface area contributed by atoms with Crippen molar-refractivity contribution in [2.75, 3.05) is 13.1 Å². The van der Waals surface area contributed by atoms with Crippen LogP contribution in [0.4, 0.5) is 5.69 Å². The molecule has 1 fully saturated rings. The quantitative estimate of drug-likeness (QED) is 0.591. The van der Waals surface area contributed by atoms with Gasteiger partial charge in [-0.05, 0) is 31.8 Å². The van der Waals surface area contributed by atoms with Crippen LogP contribution >= 0.6 is 0 Å². The lowest BCUT2D eigenvalue weighted by atomic mass is 9.98. The van der Waals surface area contributed by atoms with Crippen LogP contribution in [0.1, 0.15) is 12.8 Å². The number of nitrogens with one attached hydrogen (secondary N) is 1. The number of nitrogens with zero attached hydrogens (tertiary/aromatic N) is 3. The van der Waals surface area contributed by atoms with Gasteiger partial charge in [0.05, 0.1) is 4.92 Å². The van der Waals surface area contributed by atoms with E-state index < -0.39 is 4.92 Å². The second-order valence-electron chi connectivity index (χ2n) is 3.87. The maximum Gasteiger partial charge on any atom is 0.306 e. The summed E-state index contributed by atoms with van der Waals surface area (Å²) in [7, 11) is 0. The Labute approximate surface area is 87.4 Å². The van der Waals surface area contributed by atoms with Crippen LogP contribution in [0.5, 0.6) is 0 Å². The average Bonchev–Trinajstić information content (AvgIpc) is 2.68. The fourth-order valence-electron chi connectivity index (χ4n) is 1.88. The number of piperidine rings is 1. The summed E-state index contributed by atoms with van der Waals surface area (Å²) in [6, 6.07) is 0. The Kier molecular flexibility index (Phi) is 2.96. The van der Waals surface area contributed by atoms with Crippen molar-refractivity contribution in [1.29, 1.82) is 0 Å².